The number of halogens is 2. The zero-order valence-corrected chi connectivity index (χ0v) is 23.1. The number of ether oxygens (including phenoxy) is 3. The fraction of sp³-hybridized carbons (Fsp3) is 0.192. The molecule has 0 fully saturated rings. The number of rotatable bonds is 9. The van der Waals surface area contributed by atoms with Crippen molar-refractivity contribution in [2.75, 3.05) is 20.8 Å². The first kappa shape index (κ1) is 27.2. The number of sulfone groups is 1. The fourth-order valence-electron chi connectivity index (χ4n) is 4.00. The van der Waals surface area contributed by atoms with Gasteiger partial charge in [-0.1, -0.05) is 23.7 Å². The Kier molecular flexibility index (Phi) is 7.50. The maximum Gasteiger partial charge on any atom is 0.213 e. The third kappa shape index (κ3) is 5.12. The van der Waals surface area contributed by atoms with Crippen LogP contribution in [-0.4, -0.2) is 58.7 Å². The lowest BCUT2D eigenvalue weighted by molar-refractivity contribution is 0.327. The van der Waals surface area contributed by atoms with Gasteiger partial charge in [-0.05, 0) is 37.3 Å². The predicted octanol–water partition coefficient (Wildman–Crippen LogP) is 4.45. The Morgan fingerprint density at radius 1 is 0.950 bits per heavy atom. The van der Waals surface area contributed by atoms with E-state index < -0.39 is 21.4 Å². The molecule has 4 aromatic heterocycles. The van der Waals surface area contributed by atoms with E-state index in [0.717, 1.165) is 18.3 Å². The second-order valence-corrected chi connectivity index (χ2v) is 10.6. The number of para-hydroxylation sites is 1. The van der Waals surface area contributed by atoms with Crippen LogP contribution in [-0.2, 0) is 15.6 Å². The highest BCUT2D eigenvalue weighted by molar-refractivity contribution is 7.90. The van der Waals surface area contributed by atoms with Gasteiger partial charge in [-0.3, -0.25) is 4.57 Å². The summed E-state index contributed by atoms with van der Waals surface area (Å²) in [7, 11) is -1.05. The number of hydrogen-bond donors (Lipinski definition) is 0. The van der Waals surface area contributed by atoms with Crippen molar-refractivity contribution in [3.63, 3.8) is 0 Å². The standard InChI is InChI=1S/C26H22ClFN6O5S/c1-4-39-20-10-5-7-16(30-20)25-33-24-26(34(25)22-18(37-2)8-6-9-19(22)38-3)31-17(23(27)32-24)14-40(35,36)21-12-11-15(28)13-29-21/h5-13H,4,14H2,1-3H3. The van der Waals surface area contributed by atoms with Crippen LogP contribution in [0.4, 0.5) is 4.39 Å². The molecule has 5 aromatic rings. The third-order valence-electron chi connectivity index (χ3n) is 5.73. The number of imidazole rings is 1. The second-order valence-electron chi connectivity index (χ2n) is 8.26. The maximum atomic E-state index is 13.3. The van der Waals surface area contributed by atoms with Crippen LogP contribution >= 0.6 is 11.6 Å². The largest absolute Gasteiger partial charge is 0.494 e. The van der Waals surface area contributed by atoms with Crippen LogP contribution in [0.5, 0.6) is 17.4 Å². The SMILES string of the molecule is CCOc1cccc(-c2nc3nc(Cl)c(CS(=O)(=O)c4ccc(F)cn4)nc3n2-c2c(OC)cccc2OC)n1. The Balaban J connectivity index is 1.77. The van der Waals surface area contributed by atoms with Gasteiger partial charge in [0.1, 0.15) is 34.5 Å². The van der Waals surface area contributed by atoms with Gasteiger partial charge in [0.25, 0.3) is 0 Å². The van der Waals surface area contributed by atoms with Gasteiger partial charge in [0.2, 0.25) is 15.7 Å². The molecule has 0 spiro atoms. The number of methoxy groups -OCH3 is 2. The summed E-state index contributed by atoms with van der Waals surface area (Å²) in [5.74, 6) is 0.209. The van der Waals surface area contributed by atoms with Gasteiger partial charge in [0.15, 0.2) is 27.3 Å². The van der Waals surface area contributed by atoms with Crippen molar-refractivity contribution >= 4 is 32.7 Å². The number of nitrogens with zero attached hydrogens (tertiary/aromatic N) is 6. The lowest BCUT2D eigenvalue weighted by Gasteiger charge is -2.16. The first-order valence-electron chi connectivity index (χ1n) is 11.9. The fourth-order valence-corrected chi connectivity index (χ4v) is 5.47. The molecule has 14 heteroatoms. The number of hydrogen-bond acceptors (Lipinski definition) is 10. The monoisotopic (exact) mass is 584 g/mol. The molecule has 0 aliphatic carbocycles. The highest BCUT2D eigenvalue weighted by Gasteiger charge is 2.27. The minimum absolute atomic E-state index is 0.0575. The molecule has 0 unspecified atom stereocenters. The van der Waals surface area contributed by atoms with Crippen molar-refractivity contribution in [2.45, 2.75) is 17.7 Å². The number of benzene rings is 1. The van der Waals surface area contributed by atoms with E-state index in [1.165, 1.54) is 14.2 Å². The first-order valence-corrected chi connectivity index (χ1v) is 13.9. The summed E-state index contributed by atoms with van der Waals surface area (Å²) in [5.41, 5.74) is 1.08. The molecule has 4 heterocycles. The lowest BCUT2D eigenvalue weighted by Crippen LogP contribution is -2.11. The van der Waals surface area contributed by atoms with E-state index in [0.29, 0.717) is 41.2 Å². The average molecular weight is 585 g/mol. The minimum atomic E-state index is -4.05. The zero-order chi connectivity index (χ0) is 28.4. The molecule has 40 heavy (non-hydrogen) atoms. The molecule has 1 aromatic carbocycles. The Labute approximate surface area is 233 Å². The predicted molar refractivity (Wildman–Crippen MR) is 144 cm³/mol. The maximum absolute atomic E-state index is 13.3. The van der Waals surface area contributed by atoms with E-state index in [1.807, 2.05) is 6.92 Å². The number of pyridine rings is 2. The molecule has 0 atom stereocenters. The normalized spacial score (nSPS) is 11.5. The summed E-state index contributed by atoms with van der Waals surface area (Å²) in [6, 6.07) is 12.5. The lowest BCUT2D eigenvalue weighted by atomic mass is 10.2. The smallest absolute Gasteiger partial charge is 0.213 e. The van der Waals surface area contributed by atoms with E-state index in [9.17, 15) is 12.8 Å². The van der Waals surface area contributed by atoms with Gasteiger partial charge in [-0.15, -0.1) is 0 Å². The van der Waals surface area contributed by atoms with Crippen LogP contribution in [0.3, 0.4) is 0 Å². The first-order chi connectivity index (χ1) is 19.2. The van der Waals surface area contributed by atoms with E-state index in [-0.39, 0.29) is 27.2 Å². The van der Waals surface area contributed by atoms with Crippen molar-refractivity contribution < 1.29 is 27.0 Å². The molecule has 0 N–H and O–H groups in total. The molecule has 0 saturated carbocycles. The van der Waals surface area contributed by atoms with Crippen molar-refractivity contribution in [3.05, 3.63) is 71.4 Å². The highest BCUT2D eigenvalue weighted by Crippen LogP contribution is 2.38. The summed E-state index contributed by atoms with van der Waals surface area (Å²) < 4.78 is 58.0. The molecule has 0 bridgehead atoms. The van der Waals surface area contributed by atoms with E-state index >= 15 is 0 Å². The van der Waals surface area contributed by atoms with Crippen molar-refractivity contribution in [3.8, 4) is 34.6 Å². The number of fused-ring (bicyclic) bond motifs is 1. The average Bonchev–Trinajstić information content (AvgIpc) is 3.30. The van der Waals surface area contributed by atoms with Gasteiger partial charge in [0.05, 0.1) is 32.7 Å². The van der Waals surface area contributed by atoms with Crippen LogP contribution in [0.25, 0.3) is 28.5 Å². The number of aromatic nitrogens is 6. The molecule has 0 saturated heterocycles. The van der Waals surface area contributed by atoms with Crippen molar-refractivity contribution in [1.82, 2.24) is 29.5 Å². The van der Waals surface area contributed by atoms with Crippen LogP contribution in [0, 0.1) is 5.82 Å². The molecule has 5 rings (SSSR count). The van der Waals surface area contributed by atoms with Gasteiger partial charge in [0, 0.05) is 6.07 Å². The Bertz CT molecular complexity index is 1790. The molecule has 0 radical (unpaired) electrons. The third-order valence-corrected chi connectivity index (χ3v) is 7.57. The zero-order valence-electron chi connectivity index (χ0n) is 21.5. The van der Waals surface area contributed by atoms with Crippen LogP contribution in [0.15, 0.2) is 59.8 Å². The molecular formula is C26H22ClFN6O5S. The van der Waals surface area contributed by atoms with Crippen molar-refractivity contribution in [2.24, 2.45) is 0 Å². The Hall–Kier alpha value is -4.36. The molecule has 0 aliphatic heterocycles. The summed E-state index contributed by atoms with van der Waals surface area (Å²) in [5, 5.41) is -0.498. The van der Waals surface area contributed by atoms with Crippen LogP contribution in [0.2, 0.25) is 5.15 Å². The highest BCUT2D eigenvalue weighted by atomic mass is 35.5. The van der Waals surface area contributed by atoms with Crippen LogP contribution < -0.4 is 14.2 Å². The Morgan fingerprint density at radius 3 is 2.33 bits per heavy atom. The molecule has 0 amide bonds. The van der Waals surface area contributed by atoms with E-state index in [4.69, 9.17) is 25.8 Å². The molecule has 206 valence electrons. The topological polar surface area (TPSA) is 131 Å². The summed E-state index contributed by atoms with van der Waals surface area (Å²) in [6.45, 7) is 2.25. The van der Waals surface area contributed by atoms with Crippen molar-refractivity contribution in [1.29, 1.82) is 0 Å². The van der Waals surface area contributed by atoms with E-state index in [1.54, 1.807) is 41.0 Å². The van der Waals surface area contributed by atoms with Gasteiger partial charge in [-0.2, -0.15) is 0 Å². The molecule has 0 aliphatic rings. The molecular weight excluding hydrogens is 563 g/mol. The van der Waals surface area contributed by atoms with Gasteiger partial charge < -0.3 is 14.2 Å². The quantitative estimate of drug-likeness (QED) is 0.245. The van der Waals surface area contributed by atoms with Crippen LogP contribution in [0.1, 0.15) is 12.6 Å². The van der Waals surface area contributed by atoms with Gasteiger partial charge in [-0.25, -0.2) is 37.7 Å². The summed E-state index contributed by atoms with van der Waals surface area (Å²) >= 11 is 6.41. The van der Waals surface area contributed by atoms with E-state index in [2.05, 4.69) is 24.9 Å². The summed E-state index contributed by atoms with van der Waals surface area (Å²) in [4.78, 5) is 21.9. The Morgan fingerprint density at radius 2 is 1.68 bits per heavy atom. The van der Waals surface area contributed by atoms with Gasteiger partial charge >= 0.3 is 0 Å². The minimum Gasteiger partial charge on any atom is -0.494 e. The second kappa shape index (κ2) is 11.0. The summed E-state index contributed by atoms with van der Waals surface area (Å²) in [6.07, 6.45) is 0.821. The molecule has 11 nitrogen and oxygen atoms in total.